The minimum atomic E-state index is 0.710. The van der Waals surface area contributed by atoms with Crippen LogP contribution in [0.3, 0.4) is 0 Å². The molecule has 14 rings (SSSR count). The molecular weight excluding hydrogens is 937 g/mol. The number of hydrogen-bond acceptors (Lipinski definition) is 6. The van der Waals surface area contributed by atoms with Gasteiger partial charge in [-0.3, -0.25) is 0 Å². The standard InChI is InChI=1S/C68H42N4S2/c1-3-15-43(16-4-1)45-31-35-47(36-32-45)63-61-57-27-7-9-29-59(57)73-67(61)71-65(69-63)55-25-13-23-53(41-55)51-21-11-19-49(39-51)50-20-12-22-52(40-50)54-24-14-26-56(42-54)66-70-64(62-58-28-8-10-30-60(58)74-68(62)72-66)48-37-33-46(34-38-48)44-17-5-2-6-18-44/h1-42H. The van der Waals surface area contributed by atoms with Crippen LogP contribution in [-0.4, -0.2) is 19.9 Å². The highest BCUT2D eigenvalue weighted by atomic mass is 32.1. The molecule has 0 aliphatic carbocycles. The van der Waals surface area contributed by atoms with Crippen molar-refractivity contribution < 1.29 is 0 Å². The van der Waals surface area contributed by atoms with Crippen molar-refractivity contribution in [3.05, 3.63) is 255 Å². The molecule has 0 saturated heterocycles. The van der Waals surface area contributed by atoms with Crippen molar-refractivity contribution in [3.63, 3.8) is 0 Å². The first kappa shape index (κ1) is 43.6. The van der Waals surface area contributed by atoms with Gasteiger partial charge in [-0.15, -0.1) is 22.7 Å². The summed E-state index contributed by atoms with van der Waals surface area (Å²) in [6, 6.07) is 90.6. The molecule has 14 aromatic rings. The second kappa shape index (κ2) is 18.4. The number of thiophene rings is 2. The minimum Gasteiger partial charge on any atom is -0.227 e. The summed E-state index contributed by atoms with van der Waals surface area (Å²) in [5.41, 5.74) is 17.4. The fourth-order valence-electron chi connectivity index (χ4n) is 10.3. The van der Waals surface area contributed by atoms with Crippen LogP contribution >= 0.6 is 22.7 Å². The lowest BCUT2D eigenvalue weighted by Crippen LogP contribution is -1.94. The van der Waals surface area contributed by atoms with E-state index in [4.69, 9.17) is 19.9 Å². The van der Waals surface area contributed by atoms with E-state index >= 15 is 0 Å². The zero-order valence-corrected chi connectivity index (χ0v) is 41.5. The molecule has 0 spiro atoms. The Morgan fingerprint density at radius 2 is 0.500 bits per heavy atom. The molecule has 0 aliphatic rings. The van der Waals surface area contributed by atoms with Gasteiger partial charge in [0.2, 0.25) is 0 Å². The van der Waals surface area contributed by atoms with Gasteiger partial charge in [0.05, 0.1) is 11.4 Å². The van der Waals surface area contributed by atoms with Crippen LogP contribution in [0.25, 0.3) is 142 Å². The molecule has 0 unspecified atom stereocenters. The Labute approximate surface area is 436 Å². The van der Waals surface area contributed by atoms with Gasteiger partial charge < -0.3 is 0 Å². The maximum atomic E-state index is 5.37. The predicted octanol–water partition coefficient (Wildman–Crippen LogP) is 19.0. The second-order valence-corrected chi connectivity index (χ2v) is 20.6. The third kappa shape index (κ3) is 8.03. The normalized spacial score (nSPS) is 11.5. The lowest BCUT2D eigenvalue weighted by Gasteiger charge is -2.12. The molecule has 6 heteroatoms. The van der Waals surface area contributed by atoms with Crippen molar-refractivity contribution in [1.82, 2.24) is 19.9 Å². The Balaban J connectivity index is 0.789. The van der Waals surface area contributed by atoms with Crippen molar-refractivity contribution in [2.75, 3.05) is 0 Å². The van der Waals surface area contributed by atoms with Crippen LogP contribution in [0.4, 0.5) is 0 Å². The van der Waals surface area contributed by atoms with Crippen LogP contribution in [0.5, 0.6) is 0 Å². The largest absolute Gasteiger partial charge is 0.227 e. The molecule has 0 fully saturated rings. The Hall–Kier alpha value is -9.20. The summed E-state index contributed by atoms with van der Waals surface area (Å²) >= 11 is 3.44. The number of rotatable bonds is 9. The van der Waals surface area contributed by atoms with Gasteiger partial charge in [0.1, 0.15) is 9.66 Å². The SMILES string of the molecule is c1ccc(-c2ccc(-c3nc(-c4cccc(-c5cccc(-c6cccc(-c7cccc(-c8nc(-c9ccc(-c%10ccccc%10)cc9)c9c(n8)sc8ccccc89)c7)c6)c5)c4)nc4sc5ccccc5c34)cc2)cc1. The summed E-state index contributed by atoms with van der Waals surface area (Å²) in [5, 5.41) is 4.55. The minimum absolute atomic E-state index is 0.710. The van der Waals surface area contributed by atoms with Crippen LogP contribution in [0.15, 0.2) is 255 Å². The first-order valence-electron chi connectivity index (χ1n) is 24.8. The Bertz CT molecular complexity index is 4120. The highest BCUT2D eigenvalue weighted by Crippen LogP contribution is 2.43. The van der Waals surface area contributed by atoms with Crippen LogP contribution < -0.4 is 0 Å². The molecule has 0 aliphatic heterocycles. The van der Waals surface area contributed by atoms with Gasteiger partial charge in [-0.2, -0.15) is 0 Å². The Morgan fingerprint density at radius 3 is 0.878 bits per heavy atom. The topological polar surface area (TPSA) is 51.6 Å². The van der Waals surface area contributed by atoms with Crippen molar-refractivity contribution in [1.29, 1.82) is 0 Å². The number of benzene rings is 10. The molecule has 4 heterocycles. The van der Waals surface area contributed by atoms with Gasteiger partial charge in [-0.1, -0.05) is 218 Å². The molecule has 10 aromatic carbocycles. The predicted molar refractivity (Wildman–Crippen MR) is 312 cm³/mol. The molecule has 4 nitrogen and oxygen atoms in total. The van der Waals surface area contributed by atoms with Crippen LogP contribution in [0.1, 0.15) is 0 Å². The maximum Gasteiger partial charge on any atom is 0.161 e. The van der Waals surface area contributed by atoms with Crippen molar-refractivity contribution in [2.24, 2.45) is 0 Å². The van der Waals surface area contributed by atoms with Gasteiger partial charge in [0, 0.05) is 53.2 Å². The average Bonchev–Trinajstić information content (AvgIpc) is 4.06. The second-order valence-electron chi connectivity index (χ2n) is 18.6. The number of aromatic nitrogens is 4. The summed E-state index contributed by atoms with van der Waals surface area (Å²) in [7, 11) is 0. The molecule has 0 atom stereocenters. The van der Waals surface area contributed by atoms with Crippen molar-refractivity contribution >= 4 is 63.3 Å². The summed E-state index contributed by atoms with van der Waals surface area (Å²) in [4.78, 5) is 23.2. The number of fused-ring (bicyclic) bond motifs is 6. The van der Waals surface area contributed by atoms with Crippen molar-refractivity contribution in [3.8, 4) is 101 Å². The summed E-state index contributed by atoms with van der Waals surface area (Å²) in [6.45, 7) is 0. The van der Waals surface area contributed by atoms with E-state index in [1.165, 1.54) is 42.4 Å². The lowest BCUT2D eigenvalue weighted by molar-refractivity contribution is 1.24. The third-order valence-electron chi connectivity index (χ3n) is 14.0. The summed E-state index contributed by atoms with van der Waals surface area (Å²) in [5.74, 6) is 1.42. The lowest BCUT2D eigenvalue weighted by atomic mass is 9.95. The molecule has 4 aromatic heterocycles. The smallest absolute Gasteiger partial charge is 0.161 e. The van der Waals surface area contributed by atoms with E-state index in [0.29, 0.717) is 11.6 Å². The fourth-order valence-corrected chi connectivity index (χ4v) is 12.4. The van der Waals surface area contributed by atoms with E-state index in [1.807, 2.05) is 0 Å². The Morgan fingerprint density at radius 1 is 0.216 bits per heavy atom. The molecule has 0 bridgehead atoms. The van der Waals surface area contributed by atoms with Crippen LogP contribution in [0.2, 0.25) is 0 Å². The highest BCUT2D eigenvalue weighted by molar-refractivity contribution is 7.26. The number of nitrogens with zero attached hydrogens (tertiary/aromatic N) is 4. The van der Waals surface area contributed by atoms with Crippen LogP contribution in [-0.2, 0) is 0 Å². The quantitative estimate of drug-likeness (QED) is 0.145. The van der Waals surface area contributed by atoms with E-state index < -0.39 is 0 Å². The van der Waals surface area contributed by atoms with Crippen LogP contribution in [0, 0.1) is 0 Å². The van der Waals surface area contributed by atoms with E-state index in [2.05, 4.69) is 255 Å². The zero-order chi connectivity index (χ0) is 49.0. The average molecular weight is 979 g/mol. The van der Waals surface area contributed by atoms with Gasteiger partial charge in [-0.05, 0) is 92.0 Å². The summed E-state index contributed by atoms with van der Waals surface area (Å²) < 4.78 is 2.40. The molecule has 0 N–H and O–H groups in total. The van der Waals surface area contributed by atoms with Gasteiger partial charge in [0.25, 0.3) is 0 Å². The fraction of sp³-hybridized carbons (Fsp3) is 0. The van der Waals surface area contributed by atoms with Gasteiger partial charge >= 0.3 is 0 Å². The number of hydrogen-bond donors (Lipinski definition) is 0. The third-order valence-corrected chi connectivity index (χ3v) is 16.1. The van der Waals surface area contributed by atoms with Gasteiger partial charge in [0.15, 0.2) is 11.6 Å². The van der Waals surface area contributed by atoms with E-state index in [-0.39, 0.29) is 0 Å². The molecule has 0 amide bonds. The molecule has 346 valence electrons. The monoisotopic (exact) mass is 978 g/mol. The maximum absolute atomic E-state index is 5.37. The van der Waals surface area contributed by atoms with E-state index in [9.17, 15) is 0 Å². The van der Waals surface area contributed by atoms with E-state index in [0.717, 1.165) is 87.5 Å². The molecule has 0 saturated carbocycles. The first-order valence-corrected chi connectivity index (χ1v) is 26.4. The molecule has 0 radical (unpaired) electrons. The molecule has 74 heavy (non-hydrogen) atoms. The van der Waals surface area contributed by atoms with Crippen molar-refractivity contribution in [2.45, 2.75) is 0 Å². The molecular formula is C68H42N4S2. The van der Waals surface area contributed by atoms with E-state index in [1.54, 1.807) is 22.7 Å². The zero-order valence-electron chi connectivity index (χ0n) is 39.9. The highest BCUT2D eigenvalue weighted by Gasteiger charge is 2.20. The Kier molecular flexibility index (Phi) is 10.9. The summed E-state index contributed by atoms with van der Waals surface area (Å²) in [6.07, 6.45) is 0. The first-order chi connectivity index (χ1) is 36.6. The van der Waals surface area contributed by atoms with Gasteiger partial charge in [-0.25, -0.2) is 19.9 Å².